The first-order chi connectivity index (χ1) is 29.0. The van der Waals surface area contributed by atoms with Crippen LogP contribution in [-0.4, -0.2) is 99.8 Å². The molecule has 60 heavy (non-hydrogen) atoms. The van der Waals surface area contributed by atoms with Gasteiger partial charge in [0.25, 0.3) is 17.7 Å². The Labute approximate surface area is 352 Å². The van der Waals surface area contributed by atoms with Gasteiger partial charge in [-0.1, -0.05) is 11.6 Å². The molecule has 16 heteroatoms. The Morgan fingerprint density at radius 3 is 2.37 bits per heavy atom. The summed E-state index contributed by atoms with van der Waals surface area (Å²) in [5, 5.41) is 14.8. The number of rotatable bonds is 9. The van der Waals surface area contributed by atoms with E-state index in [4.69, 9.17) is 21.6 Å². The van der Waals surface area contributed by atoms with Gasteiger partial charge < -0.3 is 24.4 Å². The minimum atomic E-state index is -1.09. The summed E-state index contributed by atoms with van der Waals surface area (Å²) in [6, 6.07) is 9.02. The van der Waals surface area contributed by atoms with E-state index in [9.17, 15) is 24.0 Å². The number of imidazole rings is 1. The first-order valence-electron chi connectivity index (χ1n) is 21.2. The number of nitrogens with one attached hydrogen (secondary N) is 2. The van der Waals surface area contributed by atoms with Crippen molar-refractivity contribution in [1.82, 2.24) is 30.0 Å². The largest absolute Gasteiger partial charge is 0.490 e. The molecule has 2 saturated carbocycles. The number of fused-ring (bicyclic) bond motifs is 1. The summed E-state index contributed by atoms with van der Waals surface area (Å²) in [4.78, 5) is 73.5. The molecule has 5 heterocycles. The SMILES string of the molecule is N#Cc1ccc(OC2CCC(NC(=O)c3cn(C4CCC(CN5CCC6(CC5)CN(c5cc7c(cc5F)C(=O)N(C5CCC(=O)NC5=O)C7=O)C6)CC4)cn3)CC2)cc1Cl. The van der Waals surface area contributed by atoms with Gasteiger partial charge in [-0.3, -0.25) is 34.2 Å². The topological polar surface area (TPSA) is 170 Å². The summed E-state index contributed by atoms with van der Waals surface area (Å²) in [7, 11) is 0. The number of benzene rings is 2. The minimum absolute atomic E-state index is 0.0240. The van der Waals surface area contributed by atoms with Crippen molar-refractivity contribution >= 4 is 46.8 Å². The predicted octanol–water partition coefficient (Wildman–Crippen LogP) is 5.40. The number of hydrogen-bond acceptors (Lipinski definition) is 10. The molecule has 314 valence electrons. The van der Waals surface area contributed by atoms with Crippen LogP contribution in [-0.2, 0) is 9.59 Å². The van der Waals surface area contributed by atoms with Crippen LogP contribution in [0.25, 0.3) is 0 Å². The second kappa shape index (κ2) is 16.3. The Balaban J connectivity index is 0.696. The second-order valence-electron chi connectivity index (χ2n) is 17.7. The number of nitriles is 1. The van der Waals surface area contributed by atoms with E-state index >= 15 is 4.39 Å². The Morgan fingerprint density at radius 2 is 1.68 bits per heavy atom. The quantitative estimate of drug-likeness (QED) is 0.266. The van der Waals surface area contributed by atoms with Crippen molar-refractivity contribution in [3.05, 3.63) is 76.1 Å². The molecule has 0 bridgehead atoms. The standard InChI is InChI=1S/C44H48ClFN8O6/c45-34-17-31(8-3-27(34)20-47)60-30-9-4-28(5-10-30)49-40(56)36-22-52(25-48-36)29-6-1-26(2-7-29)21-51-15-13-44(14-16-51)23-53(24-44)38-19-33-32(18-35(38)46)42(58)54(43(33)59)37-11-12-39(55)50-41(37)57/h3,8,17-19,22,25-26,28-30,37H,1-2,4-7,9-16,21,23-24H2,(H,49,56)(H,50,55,57). The number of piperidine rings is 2. The highest BCUT2D eigenvalue weighted by molar-refractivity contribution is 6.31. The van der Waals surface area contributed by atoms with Crippen LogP contribution in [0.3, 0.4) is 0 Å². The number of carbonyl (C=O) groups is 5. The number of hydrogen-bond donors (Lipinski definition) is 2. The molecule has 2 aliphatic carbocycles. The third-order valence-electron chi connectivity index (χ3n) is 13.8. The van der Waals surface area contributed by atoms with E-state index in [1.54, 1.807) is 24.5 Å². The van der Waals surface area contributed by atoms with Gasteiger partial charge in [-0.05, 0) is 114 Å². The molecule has 3 aromatic rings. The maximum atomic E-state index is 15.4. The molecule has 2 N–H and O–H groups in total. The smallest absolute Gasteiger partial charge is 0.271 e. The van der Waals surface area contributed by atoms with Gasteiger partial charge in [-0.15, -0.1) is 0 Å². The van der Waals surface area contributed by atoms with Crippen LogP contribution in [0.4, 0.5) is 10.1 Å². The molecule has 0 radical (unpaired) electrons. The molecule has 9 rings (SSSR count). The van der Waals surface area contributed by atoms with E-state index in [2.05, 4.69) is 31.2 Å². The lowest BCUT2D eigenvalue weighted by Crippen LogP contribution is -2.61. The molecule has 5 amide bonds. The molecule has 3 saturated heterocycles. The Morgan fingerprint density at radius 1 is 0.967 bits per heavy atom. The second-order valence-corrected chi connectivity index (χ2v) is 18.1. The van der Waals surface area contributed by atoms with Gasteiger partial charge in [-0.2, -0.15) is 5.26 Å². The van der Waals surface area contributed by atoms with E-state index < -0.39 is 35.5 Å². The molecule has 4 aliphatic heterocycles. The van der Waals surface area contributed by atoms with Crippen LogP contribution in [0.15, 0.2) is 42.9 Å². The normalized spacial score (nSPS) is 26.6. The van der Waals surface area contributed by atoms with Gasteiger partial charge in [-0.25, -0.2) is 9.37 Å². The van der Waals surface area contributed by atoms with Crippen LogP contribution in [0, 0.1) is 28.5 Å². The van der Waals surface area contributed by atoms with Crippen molar-refractivity contribution in [2.75, 3.05) is 37.6 Å². The highest BCUT2D eigenvalue weighted by atomic mass is 35.5. The van der Waals surface area contributed by atoms with Crippen molar-refractivity contribution in [2.24, 2.45) is 11.3 Å². The van der Waals surface area contributed by atoms with Crippen LogP contribution in [0.1, 0.15) is 120 Å². The van der Waals surface area contributed by atoms with Crippen molar-refractivity contribution in [2.45, 2.75) is 101 Å². The Hall–Kier alpha value is -5.33. The van der Waals surface area contributed by atoms with Crippen LogP contribution >= 0.6 is 11.6 Å². The number of ether oxygens (including phenoxy) is 1. The molecule has 5 fully saturated rings. The summed E-state index contributed by atoms with van der Waals surface area (Å²) >= 11 is 6.16. The number of imide groups is 2. The Bertz CT molecular complexity index is 2260. The molecule has 1 spiro atoms. The van der Waals surface area contributed by atoms with Crippen LogP contribution < -0.4 is 20.3 Å². The zero-order valence-corrected chi connectivity index (χ0v) is 34.1. The average molecular weight is 839 g/mol. The molecule has 1 unspecified atom stereocenters. The number of likely N-dealkylation sites (tertiary alicyclic amines) is 1. The third-order valence-corrected chi connectivity index (χ3v) is 14.1. The summed E-state index contributed by atoms with van der Waals surface area (Å²) in [6.45, 7) is 4.37. The van der Waals surface area contributed by atoms with E-state index in [1.807, 2.05) is 11.1 Å². The number of amides is 5. The van der Waals surface area contributed by atoms with Crippen LogP contribution in [0.2, 0.25) is 5.02 Å². The molecule has 1 atom stereocenters. The number of aromatic nitrogens is 2. The lowest BCUT2D eigenvalue weighted by Gasteiger charge is -2.55. The third kappa shape index (κ3) is 7.87. The fourth-order valence-corrected chi connectivity index (χ4v) is 10.5. The zero-order chi connectivity index (χ0) is 41.7. The monoisotopic (exact) mass is 838 g/mol. The molecular formula is C44H48ClFN8O6. The van der Waals surface area contributed by atoms with Gasteiger partial charge in [0, 0.05) is 55.8 Å². The van der Waals surface area contributed by atoms with Crippen molar-refractivity contribution in [1.29, 1.82) is 5.26 Å². The lowest BCUT2D eigenvalue weighted by atomic mass is 9.71. The molecule has 1 aromatic heterocycles. The number of anilines is 1. The molecular weight excluding hydrogens is 791 g/mol. The summed E-state index contributed by atoms with van der Waals surface area (Å²) < 4.78 is 23.7. The number of nitrogens with zero attached hydrogens (tertiary/aromatic N) is 6. The van der Waals surface area contributed by atoms with Gasteiger partial charge >= 0.3 is 0 Å². The molecule has 2 aromatic carbocycles. The lowest BCUT2D eigenvalue weighted by molar-refractivity contribution is -0.136. The predicted molar refractivity (Wildman–Crippen MR) is 217 cm³/mol. The highest BCUT2D eigenvalue weighted by Gasteiger charge is 2.48. The number of halogens is 2. The average Bonchev–Trinajstić information content (AvgIpc) is 3.81. The summed E-state index contributed by atoms with van der Waals surface area (Å²) in [5.74, 6) is -1.94. The maximum Gasteiger partial charge on any atom is 0.271 e. The van der Waals surface area contributed by atoms with Crippen molar-refractivity contribution in [3.63, 3.8) is 0 Å². The van der Waals surface area contributed by atoms with Crippen molar-refractivity contribution in [3.8, 4) is 11.8 Å². The Kier molecular flexibility index (Phi) is 10.9. The minimum Gasteiger partial charge on any atom is -0.490 e. The van der Waals surface area contributed by atoms with Crippen molar-refractivity contribution < 1.29 is 33.1 Å². The summed E-state index contributed by atoms with van der Waals surface area (Å²) in [5.41, 5.74) is 1.29. The van der Waals surface area contributed by atoms with E-state index in [0.717, 1.165) is 94.8 Å². The molecule has 6 aliphatic rings. The van der Waals surface area contributed by atoms with Gasteiger partial charge in [0.2, 0.25) is 11.8 Å². The maximum absolute atomic E-state index is 15.4. The first kappa shape index (κ1) is 40.1. The fourth-order valence-electron chi connectivity index (χ4n) is 10.3. The first-order valence-corrected chi connectivity index (χ1v) is 21.6. The fraction of sp³-hybridized carbons (Fsp3) is 0.523. The number of carbonyl (C=O) groups excluding carboxylic acids is 5. The summed E-state index contributed by atoms with van der Waals surface area (Å²) in [6.07, 6.45) is 13.3. The van der Waals surface area contributed by atoms with Gasteiger partial charge in [0.15, 0.2) is 0 Å². The molecule has 14 nitrogen and oxygen atoms in total. The van der Waals surface area contributed by atoms with Gasteiger partial charge in [0.05, 0.1) is 39.8 Å². The van der Waals surface area contributed by atoms with Gasteiger partial charge in [0.1, 0.15) is 29.4 Å². The van der Waals surface area contributed by atoms with Crippen LogP contribution in [0.5, 0.6) is 5.75 Å². The highest BCUT2D eigenvalue weighted by Crippen LogP contribution is 2.45. The zero-order valence-electron chi connectivity index (χ0n) is 33.3. The van der Waals surface area contributed by atoms with E-state index in [1.165, 1.54) is 6.07 Å². The van der Waals surface area contributed by atoms with E-state index in [0.29, 0.717) is 52.8 Å². The van der Waals surface area contributed by atoms with E-state index in [-0.39, 0.29) is 47.4 Å².